The minimum absolute atomic E-state index is 1.13. The van der Waals surface area contributed by atoms with E-state index in [2.05, 4.69) is 65.8 Å². The summed E-state index contributed by atoms with van der Waals surface area (Å²) in [7, 11) is 2.15. The van der Waals surface area contributed by atoms with Gasteiger partial charge in [-0.25, -0.2) is 9.13 Å². The molecule has 31 heavy (non-hydrogen) atoms. The van der Waals surface area contributed by atoms with Crippen LogP contribution in [0.2, 0.25) is 0 Å². The highest BCUT2D eigenvalue weighted by molar-refractivity contribution is 5.52. The number of aryl methyl sites for hydroxylation is 2. The van der Waals surface area contributed by atoms with Gasteiger partial charge in [-0.2, -0.15) is 0 Å². The summed E-state index contributed by atoms with van der Waals surface area (Å²) in [6.07, 6.45) is 28.7. The van der Waals surface area contributed by atoms with Gasteiger partial charge in [0.05, 0.1) is 19.2 Å². The van der Waals surface area contributed by atoms with E-state index in [0.717, 1.165) is 6.54 Å². The van der Waals surface area contributed by atoms with E-state index in [1.807, 2.05) is 0 Å². The van der Waals surface area contributed by atoms with E-state index < -0.39 is 0 Å². The topological polar surface area (TPSA) is 8.81 Å². The molecule has 0 saturated heterocycles. The van der Waals surface area contributed by atoms with Crippen molar-refractivity contribution in [2.45, 2.75) is 123 Å². The first-order valence-corrected chi connectivity index (χ1v) is 13.4. The minimum Gasteiger partial charge on any atom is -0.233 e. The maximum Gasteiger partial charge on any atom is 0.288 e. The molecule has 0 N–H and O–H groups in total. The van der Waals surface area contributed by atoms with Crippen LogP contribution >= 0.6 is 0 Å². The van der Waals surface area contributed by atoms with E-state index >= 15 is 0 Å². The van der Waals surface area contributed by atoms with Gasteiger partial charge in [0.15, 0.2) is 0 Å². The van der Waals surface area contributed by atoms with Crippen molar-refractivity contribution in [2.75, 3.05) is 0 Å². The molecular formula is C29H49N2+. The Morgan fingerprint density at radius 2 is 1.06 bits per heavy atom. The second kappa shape index (κ2) is 17.0. The van der Waals surface area contributed by atoms with E-state index in [1.54, 1.807) is 0 Å². The molecule has 2 rings (SSSR count). The van der Waals surface area contributed by atoms with Crippen molar-refractivity contribution in [2.24, 2.45) is 7.05 Å². The van der Waals surface area contributed by atoms with Crippen LogP contribution in [0.25, 0.3) is 11.4 Å². The van der Waals surface area contributed by atoms with Gasteiger partial charge in [-0.05, 0) is 25.0 Å². The Morgan fingerprint density at radius 1 is 0.613 bits per heavy atom. The number of imidazole rings is 1. The monoisotopic (exact) mass is 425 g/mol. The summed E-state index contributed by atoms with van der Waals surface area (Å²) in [6.45, 7) is 3.43. The number of hydrogen-bond acceptors (Lipinski definition) is 0. The Kier molecular flexibility index (Phi) is 14.1. The molecule has 1 aromatic heterocycles. The standard InChI is InChI=1S/C29H49N2/c1-3-4-5-6-7-8-9-10-11-12-13-14-15-16-17-18-22-25-31-27-26-30(2)29(31)28-23-20-19-21-24-28/h19-21,23-24,26-27H,3-18,22,25H2,1-2H3/q+1. The van der Waals surface area contributed by atoms with Crippen molar-refractivity contribution in [3.05, 3.63) is 42.7 Å². The van der Waals surface area contributed by atoms with Crippen molar-refractivity contribution >= 4 is 0 Å². The Labute approximate surface area is 193 Å². The van der Waals surface area contributed by atoms with Crippen LogP contribution < -0.4 is 4.57 Å². The smallest absolute Gasteiger partial charge is 0.233 e. The van der Waals surface area contributed by atoms with Gasteiger partial charge >= 0.3 is 0 Å². The van der Waals surface area contributed by atoms with Gasteiger partial charge < -0.3 is 0 Å². The number of rotatable bonds is 19. The van der Waals surface area contributed by atoms with Crippen molar-refractivity contribution < 1.29 is 4.57 Å². The zero-order chi connectivity index (χ0) is 22.0. The largest absolute Gasteiger partial charge is 0.288 e. The molecule has 0 saturated carbocycles. The molecule has 0 aliphatic heterocycles. The summed E-state index contributed by atoms with van der Waals surface area (Å²) in [5.74, 6) is 1.32. The van der Waals surface area contributed by atoms with Crippen LogP contribution in [0.5, 0.6) is 0 Å². The first kappa shape index (κ1) is 25.7. The number of unbranched alkanes of at least 4 members (excludes halogenated alkanes) is 16. The molecule has 0 bridgehead atoms. The maximum absolute atomic E-state index is 2.42. The van der Waals surface area contributed by atoms with Crippen LogP contribution in [-0.4, -0.2) is 4.57 Å². The second-order valence-corrected chi connectivity index (χ2v) is 9.45. The first-order chi connectivity index (χ1) is 15.3. The molecule has 2 heteroatoms. The van der Waals surface area contributed by atoms with Crippen LogP contribution in [0, 0.1) is 0 Å². The molecule has 0 fully saturated rings. The van der Waals surface area contributed by atoms with Crippen molar-refractivity contribution in [1.82, 2.24) is 4.57 Å². The molecule has 0 radical (unpaired) electrons. The average molecular weight is 426 g/mol. The summed E-state index contributed by atoms with van der Waals surface area (Å²) >= 11 is 0. The highest BCUT2D eigenvalue weighted by Crippen LogP contribution is 2.16. The molecule has 0 unspecified atom stereocenters. The maximum atomic E-state index is 2.42. The van der Waals surface area contributed by atoms with Gasteiger partial charge in [-0.3, -0.25) is 0 Å². The summed E-state index contributed by atoms with van der Waals surface area (Å²) in [6, 6.07) is 10.8. The van der Waals surface area contributed by atoms with Crippen LogP contribution in [0.1, 0.15) is 116 Å². The zero-order valence-electron chi connectivity index (χ0n) is 20.7. The molecule has 0 spiro atoms. The zero-order valence-corrected chi connectivity index (χ0v) is 20.7. The lowest BCUT2D eigenvalue weighted by Crippen LogP contribution is -2.34. The van der Waals surface area contributed by atoms with Crippen molar-refractivity contribution in [1.29, 1.82) is 0 Å². The Hall–Kier alpha value is -1.57. The fourth-order valence-electron chi connectivity index (χ4n) is 4.67. The van der Waals surface area contributed by atoms with E-state index in [-0.39, 0.29) is 0 Å². The lowest BCUT2D eigenvalue weighted by atomic mass is 10.0. The quantitative estimate of drug-likeness (QED) is 0.157. The third-order valence-corrected chi connectivity index (χ3v) is 6.61. The normalized spacial score (nSPS) is 11.3. The van der Waals surface area contributed by atoms with Crippen LogP contribution in [0.3, 0.4) is 0 Å². The van der Waals surface area contributed by atoms with Gasteiger partial charge in [0, 0.05) is 0 Å². The Morgan fingerprint density at radius 3 is 1.55 bits per heavy atom. The second-order valence-electron chi connectivity index (χ2n) is 9.45. The molecule has 174 valence electrons. The fourth-order valence-corrected chi connectivity index (χ4v) is 4.67. The van der Waals surface area contributed by atoms with E-state index in [0.29, 0.717) is 0 Å². The molecule has 0 aliphatic rings. The average Bonchev–Trinajstić information content (AvgIpc) is 3.16. The van der Waals surface area contributed by atoms with Gasteiger partial charge in [0.1, 0.15) is 12.4 Å². The van der Waals surface area contributed by atoms with E-state index in [1.165, 1.54) is 121 Å². The predicted octanol–water partition coefficient (Wildman–Crippen LogP) is 8.63. The SMILES string of the molecule is CCCCCCCCCCCCCCCCCCC[n+]1ccn(C)c1-c1ccccc1. The van der Waals surface area contributed by atoms with Crippen LogP contribution in [-0.2, 0) is 13.6 Å². The lowest BCUT2D eigenvalue weighted by Gasteiger charge is -2.05. The van der Waals surface area contributed by atoms with Gasteiger partial charge in [0.25, 0.3) is 5.82 Å². The third-order valence-electron chi connectivity index (χ3n) is 6.61. The number of hydrogen-bond donors (Lipinski definition) is 0. The lowest BCUT2D eigenvalue weighted by molar-refractivity contribution is -0.685. The molecule has 0 amide bonds. The van der Waals surface area contributed by atoms with Crippen molar-refractivity contribution in [3.8, 4) is 11.4 Å². The molecule has 2 nitrogen and oxygen atoms in total. The Balaban J connectivity index is 1.40. The van der Waals surface area contributed by atoms with E-state index in [4.69, 9.17) is 0 Å². The van der Waals surface area contributed by atoms with Crippen LogP contribution in [0.15, 0.2) is 42.7 Å². The number of nitrogens with zero attached hydrogens (tertiary/aromatic N) is 2. The first-order valence-electron chi connectivity index (χ1n) is 13.4. The molecule has 2 aromatic rings. The predicted molar refractivity (Wildman–Crippen MR) is 135 cm³/mol. The summed E-state index contributed by atoms with van der Waals surface area (Å²) in [5, 5.41) is 0. The number of aromatic nitrogens is 2. The molecule has 1 heterocycles. The highest BCUT2D eigenvalue weighted by atomic mass is 15.1. The summed E-state index contributed by atoms with van der Waals surface area (Å²) in [4.78, 5) is 0. The molecular weight excluding hydrogens is 376 g/mol. The van der Waals surface area contributed by atoms with E-state index in [9.17, 15) is 0 Å². The molecule has 1 aromatic carbocycles. The highest BCUT2D eigenvalue weighted by Gasteiger charge is 2.15. The third kappa shape index (κ3) is 11.0. The van der Waals surface area contributed by atoms with Gasteiger partial charge in [0.2, 0.25) is 0 Å². The van der Waals surface area contributed by atoms with Gasteiger partial charge in [-0.1, -0.05) is 121 Å². The molecule has 0 aliphatic carbocycles. The fraction of sp³-hybridized carbons (Fsp3) is 0.690. The van der Waals surface area contributed by atoms with Gasteiger partial charge in [-0.15, -0.1) is 0 Å². The molecule has 0 atom stereocenters. The Bertz CT molecular complexity index is 659. The number of benzene rings is 1. The summed E-state index contributed by atoms with van der Waals surface area (Å²) < 4.78 is 4.66. The summed E-state index contributed by atoms with van der Waals surface area (Å²) in [5.41, 5.74) is 1.31. The minimum atomic E-state index is 1.13. The van der Waals surface area contributed by atoms with Crippen molar-refractivity contribution in [3.63, 3.8) is 0 Å². The van der Waals surface area contributed by atoms with Crippen LogP contribution in [0.4, 0.5) is 0 Å².